The number of hydrogen-bond acceptors (Lipinski definition) is 2. The second kappa shape index (κ2) is 3.05. The molecule has 0 saturated carbocycles. The molecular formula is C11H11NO. The second-order valence-corrected chi connectivity index (χ2v) is 2.76. The highest BCUT2D eigenvalue weighted by Crippen LogP contribution is 2.18. The summed E-state index contributed by atoms with van der Waals surface area (Å²) in [6.45, 7) is -2.16. The van der Waals surface area contributed by atoms with Gasteiger partial charge in [-0.25, -0.2) is 0 Å². The van der Waals surface area contributed by atoms with E-state index in [1.165, 1.54) is 6.07 Å². The molecule has 0 atom stereocenters. The van der Waals surface area contributed by atoms with Gasteiger partial charge in [0.15, 0.2) is 0 Å². The molecule has 0 spiro atoms. The molecule has 1 heterocycles. The summed E-state index contributed by atoms with van der Waals surface area (Å²) in [7, 11) is 1.59. The first kappa shape index (κ1) is 5.22. The Labute approximate surface area is 81.4 Å². The van der Waals surface area contributed by atoms with Gasteiger partial charge in [-0.1, -0.05) is 6.07 Å². The van der Waals surface area contributed by atoms with Gasteiger partial charge in [0.1, 0.15) is 5.75 Å². The lowest BCUT2D eigenvalue weighted by atomic mass is 10.2. The average Bonchev–Trinajstić information content (AvgIpc) is 2.26. The summed E-state index contributed by atoms with van der Waals surface area (Å²) < 4.78 is 26.9. The highest BCUT2D eigenvalue weighted by Gasteiger charge is 1.96. The van der Waals surface area contributed by atoms with Gasteiger partial charge < -0.3 is 4.74 Å². The van der Waals surface area contributed by atoms with E-state index in [1.807, 2.05) is 6.07 Å². The van der Waals surface area contributed by atoms with E-state index in [0.29, 0.717) is 5.52 Å². The number of nitrogens with zero attached hydrogens (tertiary/aromatic N) is 1. The molecular weight excluding hydrogens is 162 g/mol. The third kappa shape index (κ3) is 1.47. The maximum atomic E-state index is 7.27. The summed E-state index contributed by atoms with van der Waals surface area (Å²) in [5, 5.41) is 0.868. The van der Waals surface area contributed by atoms with Gasteiger partial charge >= 0.3 is 0 Å². The Morgan fingerprint density at radius 3 is 3.00 bits per heavy atom. The number of methoxy groups -OCH3 is 1. The van der Waals surface area contributed by atoms with Gasteiger partial charge in [0.25, 0.3) is 0 Å². The van der Waals surface area contributed by atoms with Crippen molar-refractivity contribution in [1.82, 2.24) is 4.98 Å². The van der Waals surface area contributed by atoms with Crippen molar-refractivity contribution in [1.29, 1.82) is 0 Å². The van der Waals surface area contributed by atoms with Crippen molar-refractivity contribution in [2.45, 2.75) is 6.85 Å². The van der Waals surface area contributed by atoms with Crippen LogP contribution in [-0.4, -0.2) is 12.1 Å². The Kier molecular flexibility index (Phi) is 1.23. The van der Waals surface area contributed by atoms with Crippen LogP contribution in [0.5, 0.6) is 5.75 Å². The minimum Gasteiger partial charge on any atom is -0.497 e. The van der Waals surface area contributed by atoms with E-state index in [2.05, 4.69) is 4.98 Å². The van der Waals surface area contributed by atoms with E-state index in [4.69, 9.17) is 8.85 Å². The molecule has 2 heteroatoms. The number of rotatable bonds is 1. The van der Waals surface area contributed by atoms with Crippen molar-refractivity contribution in [3.8, 4) is 5.75 Å². The number of pyridine rings is 1. The van der Waals surface area contributed by atoms with E-state index >= 15 is 0 Å². The summed E-state index contributed by atoms with van der Waals surface area (Å²) in [6, 6.07) is 8.61. The number of aryl methyl sites for hydroxylation is 1. The molecule has 1 aromatic heterocycles. The highest BCUT2D eigenvalue weighted by molar-refractivity contribution is 5.80. The van der Waals surface area contributed by atoms with E-state index in [-0.39, 0.29) is 5.69 Å². The Morgan fingerprint density at radius 1 is 1.31 bits per heavy atom. The third-order valence-corrected chi connectivity index (χ3v) is 1.90. The number of fused-ring (bicyclic) bond motifs is 1. The molecule has 0 aliphatic rings. The van der Waals surface area contributed by atoms with E-state index in [0.717, 1.165) is 11.1 Å². The smallest absolute Gasteiger partial charge is 0.119 e. The van der Waals surface area contributed by atoms with Crippen molar-refractivity contribution in [3.63, 3.8) is 0 Å². The SMILES string of the molecule is [2H]C([2H])([2H])c1ccc2cc(OC)ccc2n1. The summed E-state index contributed by atoms with van der Waals surface area (Å²) >= 11 is 0. The molecule has 0 aliphatic carbocycles. The Morgan fingerprint density at radius 2 is 2.23 bits per heavy atom. The molecule has 2 nitrogen and oxygen atoms in total. The maximum absolute atomic E-state index is 7.27. The predicted molar refractivity (Wildman–Crippen MR) is 53.0 cm³/mol. The molecule has 0 aliphatic heterocycles. The van der Waals surface area contributed by atoms with E-state index < -0.39 is 6.85 Å². The molecule has 0 bridgehead atoms. The molecule has 66 valence electrons. The Bertz CT molecular complexity index is 522. The largest absolute Gasteiger partial charge is 0.497 e. The topological polar surface area (TPSA) is 22.1 Å². The van der Waals surface area contributed by atoms with Gasteiger partial charge in [-0.3, -0.25) is 4.98 Å². The van der Waals surface area contributed by atoms with Gasteiger partial charge in [0.2, 0.25) is 0 Å². The van der Waals surface area contributed by atoms with Gasteiger partial charge in [-0.05, 0) is 31.1 Å². The molecule has 1 aromatic carbocycles. The monoisotopic (exact) mass is 176 g/mol. The van der Waals surface area contributed by atoms with Crippen molar-refractivity contribution in [2.75, 3.05) is 7.11 Å². The zero-order valence-electron chi connectivity index (χ0n) is 10.2. The molecule has 0 amide bonds. The molecule has 0 saturated heterocycles. The summed E-state index contributed by atoms with van der Waals surface area (Å²) in [5.41, 5.74) is 0.777. The summed E-state index contributed by atoms with van der Waals surface area (Å²) in [5.74, 6) is 0.732. The zero-order valence-corrected chi connectivity index (χ0v) is 7.24. The summed E-state index contributed by atoms with van der Waals surface area (Å²) in [4.78, 5) is 4.10. The van der Waals surface area contributed by atoms with Crippen LogP contribution < -0.4 is 4.74 Å². The molecule has 0 fully saturated rings. The first-order valence-electron chi connectivity index (χ1n) is 5.46. The van der Waals surface area contributed by atoms with Crippen LogP contribution in [0.1, 0.15) is 9.81 Å². The number of hydrogen-bond donors (Lipinski definition) is 0. The van der Waals surface area contributed by atoms with Gasteiger partial charge in [0, 0.05) is 15.2 Å². The maximum Gasteiger partial charge on any atom is 0.119 e. The number of aromatic nitrogens is 1. The van der Waals surface area contributed by atoms with Crippen LogP contribution in [0, 0.1) is 6.85 Å². The van der Waals surface area contributed by atoms with Gasteiger partial charge in [-0.15, -0.1) is 0 Å². The Balaban J connectivity index is 2.56. The molecule has 0 N–H and O–H groups in total. The van der Waals surface area contributed by atoms with Crippen molar-refractivity contribution in [2.24, 2.45) is 0 Å². The lowest BCUT2D eigenvalue weighted by molar-refractivity contribution is 0.415. The zero-order chi connectivity index (χ0) is 11.8. The Hall–Kier alpha value is -1.57. The summed E-state index contributed by atoms with van der Waals surface area (Å²) in [6.07, 6.45) is 0. The van der Waals surface area contributed by atoms with Gasteiger partial charge in [0.05, 0.1) is 12.6 Å². The van der Waals surface area contributed by atoms with E-state index in [1.54, 1.807) is 25.3 Å². The normalized spacial score (nSPS) is 14.7. The van der Waals surface area contributed by atoms with E-state index in [9.17, 15) is 0 Å². The first-order valence-corrected chi connectivity index (χ1v) is 3.96. The fourth-order valence-electron chi connectivity index (χ4n) is 1.23. The van der Waals surface area contributed by atoms with Crippen LogP contribution in [0.4, 0.5) is 0 Å². The van der Waals surface area contributed by atoms with Crippen LogP contribution in [0.3, 0.4) is 0 Å². The molecule has 0 unspecified atom stereocenters. The minimum atomic E-state index is -2.16. The first-order chi connectivity index (χ1) is 7.50. The quantitative estimate of drug-likeness (QED) is 0.666. The predicted octanol–water partition coefficient (Wildman–Crippen LogP) is 2.55. The van der Waals surface area contributed by atoms with Crippen LogP contribution in [-0.2, 0) is 0 Å². The fourth-order valence-corrected chi connectivity index (χ4v) is 1.23. The standard InChI is InChI=1S/C11H11NO/c1-8-3-4-9-7-10(13-2)5-6-11(9)12-8/h3-7H,1-2H3/i1D3. The number of benzene rings is 1. The lowest BCUT2D eigenvalue weighted by Gasteiger charge is -2.02. The van der Waals surface area contributed by atoms with Crippen LogP contribution in [0.15, 0.2) is 30.3 Å². The highest BCUT2D eigenvalue weighted by atomic mass is 16.5. The lowest BCUT2D eigenvalue weighted by Crippen LogP contribution is -1.85. The van der Waals surface area contributed by atoms with Crippen LogP contribution in [0.25, 0.3) is 10.9 Å². The third-order valence-electron chi connectivity index (χ3n) is 1.90. The minimum absolute atomic E-state index is 0.116. The second-order valence-electron chi connectivity index (χ2n) is 2.76. The van der Waals surface area contributed by atoms with Crippen LogP contribution in [0.2, 0.25) is 0 Å². The average molecular weight is 176 g/mol. The molecule has 13 heavy (non-hydrogen) atoms. The van der Waals surface area contributed by atoms with Crippen LogP contribution >= 0.6 is 0 Å². The van der Waals surface area contributed by atoms with Crippen molar-refractivity contribution in [3.05, 3.63) is 36.0 Å². The van der Waals surface area contributed by atoms with Gasteiger partial charge in [-0.2, -0.15) is 0 Å². The molecule has 2 rings (SSSR count). The molecule has 0 radical (unpaired) electrons. The fraction of sp³-hybridized carbons (Fsp3) is 0.182. The van der Waals surface area contributed by atoms with Crippen molar-refractivity contribution < 1.29 is 8.85 Å². The molecule has 2 aromatic rings. The number of ether oxygens (including phenoxy) is 1. The van der Waals surface area contributed by atoms with Crippen molar-refractivity contribution >= 4 is 10.9 Å².